The van der Waals surface area contributed by atoms with Gasteiger partial charge < -0.3 is 14.6 Å². The summed E-state index contributed by atoms with van der Waals surface area (Å²) in [6.07, 6.45) is 1.51. The molecule has 4 heteroatoms. The normalized spacial score (nSPS) is 14.0. The third kappa shape index (κ3) is 4.77. The first-order valence-corrected chi connectivity index (χ1v) is 9.40. The summed E-state index contributed by atoms with van der Waals surface area (Å²) in [6.45, 7) is 8.92. The van der Waals surface area contributed by atoms with E-state index in [1.807, 2.05) is 12.1 Å². The van der Waals surface area contributed by atoms with E-state index in [4.69, 9.17) is 9.47 Å². The third-order valence-corrected chi connectivity index (χ3v) is 4.83. The molecule has 0 fully saturated rings. The molecule has 1 aliphatic heterocycles. The van der Waals surface area contributed by atoms with Crippen molar-refractivity contribution in [1.82, 2.24) is 4.90 Å². The summed E-state index contributed by atoms with van der Waals surface area (Å²) < 4.78 is 10.9. The van der Waals surface area contributed by atoms with E-state index < -0.39 is 0 Å². The van der Waals surface area contributed by atoms with Crippen LogP contribution in [0.2, 0.25) is 0 Å². The number of hydrogen-bond donors (Lipinski definition) is 1. The first kappa shape index (κ1) is 18.7. The van der Waals surface area contributed by atoms with Crippen LogP contribution in [0.1, 0.15) is 42.0 Å². The fraction of sp³-hybridized carbons (Fsp3) is 0.455. The van der Waals surface area contributed by atoms with Crippen molar-refractivity contribution in [3.63, 3.8) is 0 Å². The summed E-state index contributed by atoms with van der Waals surface area (Å²) in [6, 6.07) is 12.7. The van der Waals surface area contributed by atoms with Gasteiger partial charge in [-0.1, -0.05) is 43.2 Å². The number of aliphatic hydroxyl groups is 1. The van der Waals surface area contributed by atoms with E-state index in [0.29, 0.717) is 13.3 Å². The number of rotatable bonds is 8. The first-order chi connectivity index (χ1) is 12.5. The van der Waals surface area contributed by atoms with E-state index in [-0.39, 0.29) is 6.10 Å². The smallest absolute Gasteiger partial charge is 0.231 e. The van der Waals surface area contributed by atoms with Crippen LogP contribution in [0.5, 0.6) is 11.5 Å². The molecule has 3 rings (SSSR count). The fourth-order valence-corrected chi connectivity index (χ4v) is 3.42. The van der Waals surface area contributed by atoms with Crippen molar-refractivity contribution in [3.05, 3.63) is 58.7 Å². The molecule has 0 saturated carbocycles. The highest BCUT2D eigenvalue weighted by atomic mass is 16.7. The molecule has 0 aromatic heterocycles. The van der Waals surface area contributed by atoms with Gasteiger partial charge in [0.15, 0.2) is 11.5 Å². The summed E-state index contributed by atoms with van der Waals surface area (Å²) in [7, 11) is 0. The Morgan fingerprint density at radius 1 is 1.04 bits per heavy atom. The minimum atomic E-state index is -0.306. The number of nitrogens with zero attached hydrogens (tertiary/aromatic N) is 1. The molecule has 1 atom stereocenters. The summed E-state index contributed by atoms with van der Waals surface area (Å²) in [5, 5.41) is 10.4. The number of benzene rings is 2. The highest BCUT2D eigenvalue weighted by Crippen LogP contribution is 2.33. The second-order valence-corrected chi connectivity index (χ2v) is 7.23. The Hall–Kier alpha value is -2.04. The highest BCUT2D eigenvalue weighted by molar-refractivity contribution is 5.44. The van der Waals surface area contributed by atoms with Gasteiger partial charge in [0.1, 0.15) is 0 Å². The summed E-state index contributed by atoms with van der Waals surface area (Å²) >= 11 is 0. The van der Waals surface area contributed by atoms with Gasteiger partial charge in [-0.25, -0.2) is 0 Å². The molecule has 1 aliphatic rings. The van der Waals surface area contributed by atoms with Crippen molar-refractivity contribution in [1.29, 1.82) is 0 Å². The average molecular weight is 355 g/mol. The van der Waals surface area contributed by atoms with Gasteiger partial charge in [-0.05, 0) is 49.1 Å². The van der Waals surface area contributed by atoms with Gasteiger partial charge in [0.05, 0.1) is 6.10 Å². The molecule has 26 heavy (non-hydrogen) atoms. The van der Waals surface area contributed by atoms with Crippen molar-refractivity contribution in [2.45, 2.75) is 52.8 Å². The average Bonchev–Trinajstić information content (AvgIpc) is 3.06. The number of ether oxygens (including phenoxy) is 2. The van der Waals surface area contributed by atoms with Gasteiger partial charge >= 0.3 is 0 Å². The Kier molecular flexibility index (Phi) is 6.17. The molecule has 0 aliphatic carbocycles. The number of hydrogen-bond acceptors (Lipinski definition) is 4. The van der Waals surface area contributed by atoms with Crippen LogP contribution in [0.15, 0.2) is 36.4 Å². The fourth-order valence-electron chi connectivity index (χ4n) is 3.42. The van der Waals surface area contributed by atoms with E-state index in [1.165, 1.54) is 22.3 Å². The topological polar surface area (TPSA) is 41.9 Å². The molecule has 2 aromatic rings. The Balaban J connectivity index is 1.77. The predicted octanol–water partition coefficient (Wildman–Crippen LogP) is 4.20. The summed E-state index contributed by atoms with van der Waals surface area (Å²) in [5.41, 5.74) is 5.04. The lowest BCUT2D eigenvalue weighted by atomic mass is 10.0. The quantitative estimate of drug-likeness (QED) is 0.771. The molecule has 0 bridgehead atoms. The van der Waals surface area contributed by atoms with E-state index in [9.17, 15) is 5.11 Å². The molecule has 0 unspecified atom stereocenters. The lowest BCUT2D eigenvalue weighted by Gasteiger charge is -2.26. The Morgan fingerprint density at radius 2 is 1.85 bits per heavy atom. The van der Waals surface area contributed by atoms with Crippen molar-refractivity contribution in [2.24, 2.45) is 0 Å². The van der Waals surface area contributed by atoms with Crippen molar-refractivity contribution >= 4 is 0 Å². The molecule has 0 radical (unpaired) electrons. The zero-order valence-corrected chi connectivity index (χ0v) is 16.0. The van der Waals surface area contributed by atoms with Crippen LogP contribution < -0.4 is 9.47 Å². The van der Waals surface area contributed by atoms with Crippen LogP contribution >= 0.6 is 0 Å². The Bertz CT molecular complexity index is 744. The van der Waals surface area contributed by atoms with Crippen molar-refractivity contribution in [2.75, 3.05) is 13.3 Å². The number of aryl methyl sites for hydroxylation is 2. The first-order valence-electron chi connectivity index (χ1n) is 9.40. The van der Waals surface area contributed by atoms with Gasteiger partial charge in [0.2, 0.25) is 6.79 Å². The second-order valence-electron chi connectivity index (χ2n) is 7.23. The summed E-state index contributed by atoms with van der Waals surface area (Å²) in [4.78, 5) is 2.32. The number of fused-ring (bicyclic) bond motifs is 1. The molecule has 1 N–H and O–H groups in total. The van der Waals surface area contributed by atoms with Gasteiger partial charge in [-0.15, -0.1) is 0 Å². The molecular formula is C22H29NO3. The molecule has 140 valence electrons. The zero-order valence-electron chi connectivity index (χ0n) is 16.0. The van der Waals surface area contributed by atoms with E-state index in [0.717, 1.165) is 37.4 Å². The van der Waals surface area contributed by atoms with E-state index >= 15 is 0 Å². The van der Waals surface area contributed by atoms with Gasteiger partial charge in [-0.3, -0.25) is 4.90 Å². The lowest BCUT2D eigenvalue weighted by Crippen LogP contribution is -2.32. The molecular weight excluding hydrogens is 326 g/mol. The molecule has 4 nitrogen and oxygen atoms in total. The SMILES string of the molecule is CCC[C@H](O)CN(Cc1ccc2c(c1)OCO2)Cc1cc(C)ccc1C. The molecule has 2 aromatic carbocycles. The molecule has 0 spiro atoms. The van der Waals surface area contributed by atoms with Crippen molar-refractivity contribution in [3.8, 4) is 11.5 Å². The van der Waals surface area contributed by atoms with Crippen LogP contribution in [-0.4, -0.2) is 29.4 Å². The zero-order chi connectivity index (χ0) is 18.5. The van der Waals surface area contributed by atoms with Gasteiger partial charge in [0.25, 0.3) is 0 Å². The Labute approximate surface area is 156 Å². The predicted molar refractivity (Wildman–Crippen MR) is 104 cm³/mol. The number of aliphatic hydroxyl groups excluding tert-OH is 1. The third-order valence-electron chi connectivity index (χ3n) is 4.83. The standard InChI is InChI=1S/C22H29NO3/c1-4-5-20(24)14-23(13-19-10-16(2)6-7-17(19)3)12-18-8-9-21-22(11-18)26-15-25-21/h6-11,20,24H,4-5,12-15H2,1-3H3/t20-/m0/s1. The van der Waals surface area contributed by atoms with E-state index in [1.54, 1.807) is 0 Å². The Morgan fingerprint density at radius 3 is 2.65 bits per heavy atom. The monoisotopic (exact) mass is 355 g/mol. The van der Waals surface area contributed by atoms with Crippen LogP contribution in [0.3, 0.4) is 0 Å². The molecule has 0 amide bonds. The maximum absolute atomic E-state index is 10.4. The minimum Gasteiger partial charge on any atom is -0.454 e. The second kappa shape index (κ2) is 8.56. The van der Waals surface area contributed by atoms with Gasteiger partial charge in [0, 0.05) is 19.6 Å². The molecule has 0 saturated heterocycles. The van der Waals surface area contributed by atoms with Crippen LogP contribution in [-0.2, 0) is 13.1 Å². The summed E-state index contributed by atoms with van der Waals surface area (Å²) in [5.74, 6) is 1.61. The van der Waals surface area contributed by atoms with Crippen LogP contribution in [0.4, 0.5) is 0 Å². The highest BCUT2D eigenvalue weighted by Gasteiger charge is 2.17. The van der Waals surface area contributed by atoms with Crippen LogP contribution in [0, 0.1) is 13.8 Å². The van der Waals surface area contributed by atoms with Crippen LogP contribution in [0.25, 0.3) is 0 Å². The minimum absolute atomic E-state index is 0.292. The lowest BCUT2D eigenvalue weighted by molar-refractivity contribution is 0.0969. The maximum atomic E-state index is 10.4. The largest absolute Gasteiger partial charge is 0.454 e. The van der Waals surface area contributed by atoms with E-state index in [2.05, 4.69) is 49.9 Å². The maximum Gasteiger partial charge on any atom is 0.231 e. The van der Waals surface area contributed by atoms with Gasteiger partial charge in [-0.2, -0.15) is 0 Å². The molecule has 1 heterocycles. The van der Waals surface area contributed by atoms with Crippen molar-refractivity contribution < 1.29 is 14.6 Å².